The molecule has 0 spiro atoms. The van der Waals surface area contributed by atoms with Gasteiger partial charge in [0.25, 0.3) is 0 Å². The lowest BCUT2D eigenvalue weighted by atomic mass is 10.2. The molecule has 0 atom stereocenters. The van der Waals surface area contributed by atoms with E-state index in [1.807, 2.05) is 30.3 Å². The van der Waals surface area contributed by atoms with Crippen molar-refractivity contribution in [3.05, 3.63) is 36.5 Å². The van der Waals surface area contributed by atoms with Crippen LogP contribution in [-0.4, -0.2) is 16.3 Å². The molecule has 2 aromatic rings. The number of ketones is 1. The number of Topliss-reactive ketones (excluding diaryl/α,β-unsaturated/α-hetero) is 1. The van der Waals surface area contributed by atoms with Crippen LogP contribution in [0.4, 0.5) is 0 Å². The molecule has 0 amide bonds. The molecular weight excluding hydrogens is 202 g/mol. The number of rotatable bonds is 3. The number of hydrogen-bond donors (Lipinski definition) is 0. The van der Waals surface area contributed by atoms with Crippen molar-refractivity contribution in [2.45, 2.75) is 19.8 Å². The van der Waals surface area contributed by atoms with Gasteiger partial charge in [-0.15, -0.1) is 0 Å². The van der Waals surface area contributed by atoms with Crippen molar-refractivity contribution < 1.29 is 9.59 Å². The van der Waals surface area contributed by atoms with E-state index in [9.17, 15) is 9.59 Å². The van der Waals surface area contributed by atoms with Crippen LogP contribution < -0.4 is 0 Å². The molecule has 2 rings (SSSR count). The number of carbonyl (C=O) groups is 2. The quantitative estimate of drug-likeness (QED) is 0.738. The van der Waals surface area contributed by atoms with E-state index >= 15 is 0 Å². The van der Waals surface area contributed by atoms with Gasteiger partial charge in [0.1, 0.15) is 5.78 Å². The normalized spacial score (nSPS) is 10.6. The van der Waals surface area contributed by atoms with Gasteiger partial charge in [-0.05, 0) is 12.1 Å². The summed E-state index contributed by atoms with van der Waals surface area (Å²) in [6, 6.07) is 9.51. The monoisotopic (exact) mass is 215 g/mol. The summed E-state index contributed by atoms with van der Waals surface area (Å²) in [6.07, 6.45) is 2.11. The maximum Gasteiger partial charge on any atom is 0.238 e. The molecule has 0 aliphatic carbocycles. The second-order valence-electron chi connectivity index (χ2n) is 3.71. The molecule has 0 saturated heterocycles. The summed E-state index contributed by atoms with van der Waals surface area (Å²) < 4.78 is 1.54. The van der Waals surface area contributed by atoms with E-state index in [4.69, 9.17) is 0 Å². The Kier molecular flexibility index (Phi) is 2.86. The van der Waals surface area contributed by atoms with Crippen LogP contribution in [0, 0.1) is 0 Å². The predicted molar refractivity (Wildman–Crippen MR) is 62.5 cm³/mol. The Balaban J connectivity index is 2.33. The fourth-order valence-corrected chi connectivity index (χ4v) is 1.68. The molecule has 0 fully saturated rings. The van der Waals surface area contributed by atoms with Crippen LogP contribution in [-0.2, 0) is 4.79 Å². The highest BCUT2D eigenvalue weighted by Gasteiger charge is 2.11. The molecule has 82 valence electrons. The summed E-state index contributed by atoms with van der Waals surface area (Å²) >= 11 is 0. The molecular formula is C13H13NO2. The van der Waals surface area contributed by atoms with Crippen molar-refractivity contribution in [3.8, 4) is 0 Å². The molecule has 0 N–H and O–H groups in total. The third kappa shape index (κ3) is 1.89. The minimum absolute atomic E-state index is 0.0187. The smallest absolute Gasteiger partial charge is 0.238 e. The summed E-state index contributed by atoms with van der Waals surface area (Å²) in [4.78, 5) is 23.1. The molecule has 1 aromatic heterocycles. The zero-order valence-electron chi connectivity index (χ0n) is 9.14. The number of fused-ring (bicyclic) bond motifs is 1. The van der Waals surface area contributed by atoms with Crippen molar-refractivity contribution in [2.24, 2.45) is 0 Å². The lowest BCUT2D eigenvalue weighted by molar-refractivity contribution is -0.118. The Hall–Kier alpha value is -1.90. The molecule has 3 nitrogen and oxygen atoms in total. The van der Waals surface area contributed by atoms with Crippen LogP contribution in [0.5, 0.6) is 0 Å². The van der Waals surface area contributed by atoms with Gasteiger partial charge in [-0.3, -0.25) is 14.2 Å². The molecule has 3 heteroatoms. The zero-order valence-corrected chi connectivity index (χ0v) is 9.14. The second-order valence-corrected chi connectivity index (χ2v) is 3.71. The molecule has 16 heavy (non-hydrogen) atoms. The fourth-order valence-electron chi connectivity index (χ4n) is 1.68. The summed E-state index contributed by atoms with van der Waals surface area (Å²) in [5.74, 6) is -0.184. The first-order valence-corrected chi connectivity index (χ1v) is 5.33. The summed E-state index contributed by atoms with van der Waals surface area (Å²) in [5.41, 5.74) is 0.858. The van der Waals surface area contributed by atoms with Crippen molar-refractivity contribution in [1.29, 1.82) is 0 Å². The highest BCUT2D eigenvalue weighted by atomic mass is 16.2. The maximum absolute atomic E-state index is 11.8. The van der Waals surface area contributed by atoms with Gasteiger partial charge in [-0.25, -0.2) is 0 Å². The van der Waals surface area contributed by atoms with Gasteiger partial charge < -0.3 is 0 Å². The summed E-state index contributed by atoms with van der Waals surface area (Å²) in [7, 11) is 0. The second kappa shape index (κ2) is 4.31. The van der Waals surface area contributed by atoms with Crippen LogP contribution in [0.2, 0.25) is 0 Å². The van der Waals surface area contributed by atoms with E-state index in [0.717, 1.165) is 10.9 Å². The first kappa shape index (κ1) is 10.6. The van der Waals surface area contributed by atoms with E-state index < -0.39 is 0 Å². The molecule has 1 heterocycles. The molecule has 0 bridgehead atoms. The third-order valence-electron chi connectivity index (χ3n) is 2.61. The van der Waals surface area contributed by atoms with Crippen LogP contribution in [0.3, 0.4) is 0 Å². The molecule has 1 aromatic carbocycles. The Labute approximate surface area is 93.7 Å². The van der Waals surface area contributed by atoms with E-state index in [-0.39, 0.29) is 18.1 Å². The Morgan fingerprint density at radius 1 is 1.19 bits per heavy atom. The van der Waals surface area contributed by atoms with Crippen molar-refractivity contribution in [2.75, 3.05) is 0 Å². The minimum Gasteiger partial charge on any atom is -0.299 e. The maximum atomic E-state index is 11.8. The molecule has 0 aliphatic heterocycles. The number of nitrogens with zero attached hydrogens (tertiary/aromatic N) is 1. The Morgan fingerprint density at radius 3 is 2.69 bits per heavy atom. The number of aromatic nitrogens is 1. The highest BCUT2D eigenvalue weighted by Crippen LogP contribution is 2.15. The number of hydrogen-bond acceptors (Lipinski definition) is 2. The van der Waals surface area contributed by atoms with Gasteiger partial charge in [-0.2, -0.15) is 0 Å². The van der Waals surface area contributed by atoms with Crippen LogP contribution in [0.25, 0.3) is 10.9 Å². The van der Waals surface area contributed by atoms with E-state index in [1.54, 1.807) is 17.7 Å². The van der Waals surface area contributed by atoms with Crippen molar-refractivity contribution in [1.82, 2.24) is 4.57 Å². The van der Waals surface area contributed by atoms with E-state index in [1.165, 1.54) is 0 Å². The Bertz CT molecular complexity index is 540. The van der Waals surface area contributed by atoms with Gasteiger partial charge in [0, 0.05) is 18.0 Å². The van der Waals surface area contributed by atoms with Crippen LogP contribution >= 0.6 is 0 Å². The zero-order chi connectivity index (χ0) is 11.5. The highest BCUT2D eigenvalue weighted by molar-refractivity contribution is 6.02. The summed E-state index contributed by atoms with van der Waals surface area (Å²) in [6.45, 7) is 1.77. The van der Waals surface area contributed by atoms with Crippen LogP contribution in [0.1, 0.15) is 24.6 Å². The lowest BCUT2D eigenvalue weighted by Gasteiger charge is -2.02. The first-order chi connectivity index (χ1) is 7.72. The van der Waals surface area contributed by atoms with E-state index in [2.05, 4.69) is 0 Å². The largest absolute Gasteiger partial charge is 0.299 e. The number of para-hydroxylation sites is 1. The van der Waals surface area contributed by atoms with Gasteiger partial charge in [0.2, 0.25) is 5.91 Å². The third-order valence-corrected chi connectivity index (χ3v) is 2.61. The SMILES string of the molecule is CCC(=O)CC(=O)n1ccc2ccccc21. The number of carbonyl (C=O) groups excluding carboxylic acids is 2. The van der Waals surface area contributed by atoms with Crippen molar-refractivity contribution >= 4 is 22.6 Å². The van der Waals surface area contributed by atoms with Gasteiger partial charge in [0.05, 0.1) is 11.9 Å². The molecule has 0 unspecified atom stereocenters. The molecule has 0 aliphatic rings. The van der Waals surface area contributed by atoms with Crippen LogP contribution in [0.15, 0.2) is 36.5 Å². The van der Waals surface area contributed by atoms with Gasteiger partial charge in [0.15, 0.2) is 0 Å². The average Bonchev–Trinajstić information content (AvgIpc) is 2.72. The molecule has 0 saturated carbocycles. The van der Waals surface area contributed by atoms with E-state index in [0.29, 0.717) is 6.42 Å². The number of benzene rings is 1. The fraction of sp³-hybridized carbons (Fsp3) is 0.231. The Morgan fingerprint density at radius 2 is 1.94 bits per heavy atom. The minimum atomic E-state index is -0.159. The standard InChI is InChI=1S/C13H13NO2/c1-2-11(15)9-13(16)14-8-7-10-5-3-4-6-12(10)14/h3-8H,2,9H2,1H3. The average molecular weight is 215 g/mol. The topological polar surface area (TPSA) is 39.1 Å². The lowest BCUT2D eigenvalue weighted by Crippen LogP contribution is -2.13. The predicted octanol–water partition coefficient (Wildman–Crippen LogP) is 2.65. The van der Waals surface area contributed by atoms with Gasteiger partial charge >= 0.3 is 0 Å². The molecule has 0 radical (unpaired) electrons. The summed E-state index contributed by atoms with van der Waals surface area (Å²) in [5, 5.41) is 1.01. The first-order valence-electron chi connectivity index (χ1n) is 5.33. The van der Waals surface area contributed by atoms with Crippen molar-refractivity contribution in [3.63, 3.8) is 0 Å². The van der Waals surface area contributed by atoms with Gasteiger partial charge in [-0.1, -0.05) is 25.1 Å².